The van der Waals surface area contributed by atoms with Crippen LogP contribution in [0.5, 0.6) is 0 Å². The lowest BCUT2D eigenvalue weighted by Gasteiger charge is -2.01. The summed E-state index contributed by atoms with van der Waals surface area (Å²) in [5.74, 6) is 0. The normalized spacial score (nSPS) is 15.8. The number of ether oxygens (including phenoxy) is 1. The molecule has 0 saturated carbocycles. The summed E-state index contributed by atoms with van der Waals surface area (Å²) in [6.07, 6.45) is 2.60. The molecule has 0 fully saturated rings. The van der Waals surface area contributed by atoms with Gasteiger partial charge >= 0.3 is 0 Å². The number of hydrogen-bond acceptors (Lipinski definition) is 2. The van der Waals surface area contributed by atoms with Crippen molar-refractivity contribution in [2.75, 3.05) is 13.2 Å². The van der Waals surface area contributed by atoms with Gasteiger partial charge in [0.25, 0.3) is 0 Å². The molecular weight excluding hydrogens is 102 g/mol. The Morgan fingerprint density at radius 1 is 1.50 bits per heavy atom. The Balaban J connectivity index is 0.000000222. The summed E-state index contributed by atoms with van der Waals surface area (Å²) in [6, 6.07) is 0. The van der Waals surface area contributed by atoms with Gasteiger partial charge in [0.1, 0.15) is 0 Å². The van der Waals surface area contributed by atoms with Crippen LogP contribution in [0.2, 0.25) is 0 Å². The Morgan fingerprint density at radius 3 is 2.38 bits per heavy atom. The molecule has 1 aliphatic rings. The van der Waals surface area contributed by atoms with Gasteiger partial charge in [-0.25, -0.2) is 0 Å². The first kappa shape index (κ1) is 7.47. The van der Waals surface area contributed by atoms with Gasteiger partial charge in [-0.2, -0.15) is 0 Å². The topological polar surface area (TPSA) is 21.6 Å². The van der Waals surface area contributed by atoms with Crippen LogP contribution in [0, 0.1) is 0 Å². The van der Waals surface area contributed by atoms with Gasteiger partial charge in [0.15, 0.2) is 6.40 Å². The first-order valence-electron chi connectivity index (χ1n) is 3.10. The number of hydrogen-bond donors (Lipinski definition) is 0. The highest BCUT2D eigenvalue weighted by atomic mass is 16.5. The molecule has 2 nitrogen and oxygen atoms in total. The lowest BCUT2D eigenvalue weighted by molar-refractivity contribution is 0.298. The minimum Gasteiger partial charge on any atom is -0.483 e. The smallest absolute Gasteiger partial charge is 0.169 e. The van der Waals surface area contributed by atoms with Gasteiger partial charge in [0.2, 0.25) is 0 Å². The molecule has 0 aromatic rings. The minimum absolute atomic E-state index is 0.851. The third-order valence-electron chi connectivity index (χ3n) is 0.698. The van der Waals surface area contributed by atoms with Gasteiger partial charge < -0.3 is 4.74 Å². The van der Waals surface area contributed by atoms with Gasteiger partial charge in [-0.1, -0.05) is 13.8 Å². The van der Waals surface area contributed by atoms with Crippen LogP contribution in [0.25, 0.3) is 0 Å². The predicted molar refractivity (Wildman–Crippen MR) is 35.3 cm³/mol. The average Bonchev–Trinajstić information content (AvgIpc) is 1.96. The summed E-state index contributed by atoms with van der Waals surface area (Å²) in [7, 11) is 0. The SMILES string of the molecule is C1=NCCCO1.CC. The quantitative estimate of drug-likeness (QED) is 0.468. The van der Waals surface area contributed by atoms with Crippen molar-refractivity contribution >= 4 is 6.40 Å². The summed E-state index contributed by atoms with van der Waals surface area (Å²) in [4.78, 5) is 3.83. The Kier molecular flexibility index (Phi) is 6.04. The molecule has 0 saturated heterocycles. The molecule has 0 unspecified atom stereocenters. The van der Waals surface area contributed by atoms with Crippen molar-refractivity contribution in [1.82, 2.24) is 0 Å². The van der Waals surface area contributed by atoms with E-state index >= 15 is 0 Å². The Hall–Kier alpha value is -0.530. The van der Waals surface area contributed by atoms with Crippen molar-refractivity contribution in [3.63, 3.8) is 0 Å². The van der Waals surface area contributed by atoms with E-state index < -0.39 is 0 Å². The molecule has 8 heavy (non-hydrogen) atoms. The number of aliphatic imine (C=N–C) groups is 1. The Morgan fingerprint density at radius 2 is 2.25 bits per heavy atom. The van der Waals surface area contributed by atoms with Crippen LogP contribution in [0.1, 0.15) is 20.3 Å². The molecule has 0 atom stereocenters. The molecule has 0 aromatic heterocycles. The van der Waals surface area contributed by atoms with Crippen molar-refractivity contribution in [3.8, 4) is 0 Å². The molecule has 0 aliphatic carbocycles. The van der Waals surface area contributed by atoms with Gasteiger partial charge in [0, 0.05) is 13.0 Å². The van der Waals surface area contributed by atoms with Crippen molar-refractivity contribution in [1.29, 1.82) is 0 Å². The fraction of sp³-hybridized carbons (Fsp3) is 0.833. The van der Waals surface area contributed by atoms with Crippen LogP contribution < -0.4 is 0 Å². The third-order valence-corrected chi connectivity index (χ3v) is 0.698. The fourth-order valence-electron chi connectivity index (χ4n) is 0.397. The number of nitrogens with zero attached hydrogens (tertiary/aromatic N) is 1. The molecule has 1 rings (SSSR count). The molecule has 1 aliphatic heterocycles. The third kappa shape index (κ3) is 3.65. The zero-order valence-electron chi connectivity index (χ0n) is 5.55. The average molecular weight is 115 g/mol. The summed E-state index contributed by atoms with van der Waals surface area (Å²) in [5.41, 5.74) is 0. The van der Waals surface area contributed by atoms with Gasteiger partial charge in [-0.05, 0) is 0 Å². The highest BCUT2D eigenvalue weighted by Gasteiger charge is 1.87. The predicted octanol–water partition coefficient (Wildman–Crippen LogP) is 1.46. The summed E-state index contributed by atoms with van der Waals surface area (Å²) >= 11 is 0. The zero-order valence-corrected chi connectivity index (χ0v) is 5.55. The molecule has 0 radical (unpaired) electrons. The van der Waals surface area contributed by atoms with Crippen LogP contribution in [0.4, 0.5) is 0 Å². The molecule has 2 heteroatoms. The van der Waals surface area contributed by atoms with E-state index in [0.29, 0.717) is 0 Å². The largest absolute Gasteiger partial charge is 0.483 e. The van der Waals surface area contributed by atoms with E-state index in [-0.39, 0.29) is 0 Å². The van der Waals surface area contributed by atoms with Crippen LogP contribution >= 0.6 is 0 Å². The van der Waals surface area contributed by atoms with E-state index in [1.807, 2.05) is 13.8 Å². The van der Waals surface area contributed by atoms with E-state index in [9.17, 15) is 0 Å². The highest BCUT2D eigenvalue weighted by Crippen LogP contribution is 1.86. The standard InChI is InChI=1S/C4H7NO.C2H6/c1-2-5-4-6-3-1;1-2/h4H,1-3H2;1-2H3. The second-order valence-corrected chi connectivity index (χ2v) is 1.24. The van der Waals surface area contributed by atoms with Crippen molar-refractivity contribution < 1.29 is 4.74 Å². The van der Waals surface area contributed by atoms with Crippen LogP contribution in [-0.4, -0.2) is 19.6 Å². The second kappa shape index (κ2) is 6.47. The summed E-state index contributed by atoms with van der Waals surface area (Å²) in [6.45, 7) is 5.80. The minimum atomic E-state index is 0.851. The van der Waals surface area contributed by atoms with Crippen molar-refractivity contribution in [2.24, 2.45) is 4.99 Å². The van der Waals surface area contributed by atoms with Crippen LogP contribution in [0.3, 0.4) is 0 Å². The van der Waals surface area contributed by atoms with E-state index in [4.69, 9.17) is 4.74 Å². The molecule has 0 aromatic carbocycles. The van der Waals surface area contributed by atoms with Crippen LogP contribution in [-0.2, 0) is 4.74 Å². The molecule has 1 heterocycles. The van der Waals surface area contributed by atoms with Crippen molar-refractivity contribution in [3.05, 3.63) is 0 Å². The monoisotopic (exact) mass is 115 g/mol. The van der Waals surface area contributed by atoms with Crippen molar-refractivity contribution in [2.45, 2.75) is 20.3 Å². The maximum absolute atomic E-state index is 4.78. The van der Waals surface area contributed by atoms with E-state index in [2.05, 4.69) is 4.99 Å². The maximum atomic E-state index is 4.78. The van der Waals surface area contributed by atoms with Gasteiger partial charge in [0.05, 0.1) is 6.61 Å². The van der Waals surface area contributed by atoms with E-state index in [0.717, 1.165) is 19.6 Å². The van der Waals surface area contributed by atoms with Crippen LogP contribution in [0.15, 0.2) is 4.99 Å². The second-order valence-electron chi connectivity index (χ2n) is 1.24. The molecule has 48 valence electrons. The zero-order chi connectivity index (χ0) is 6.24. The van der Waals surface area contributed by atoms with Gasteiger partial charge in [-0.3, -0.25) is 4.99 Å². The fourth-order valence-corrected chi connectivity index (χ4v) is 0.397. The Labute approximate surface area is 50.6 Å². The molecule has 0 spiro atoms. The molecule has 0 bridgehead atoms. The first-order valence-corrected chi connectivity index (χ1v) is 3.10. The molecular formula is C6H13NO. The highest BCUT2D eigenvalue weighted by molar-refractivity contribution is 5.46. The van der Waals surface area contributed by atoms with E-state index in [1.54, 1.807) is 0 Å². The summed E-state index contributed by atoms with van der Waals surface area (Å²) < 4.78 is 4.78. The lowest BCUT2D eigenvalue weighted by Crippen LogP contribution is -2.00. The molecule has 0 amide bonds. The summed E-state index contributed by atoms with van der Waals surface area (Å²) in [5, 5.41) is 0. The van der Waals surface area contributed by atoms with E-state index in [1.165, 1.54) is 6.40 Å². The molecule has 0 N–H and O–H groups in total. The maximum Gasteiger partial charge on any atom is 0.169 e. The van der Waals surface area contributed by atoms with Gasteiger partial charge in [-0.15, -0.1) is 0 Å². The first-order chi connectivity index (χ1) is 4.00. The number of rotatable bonds is 0. The lowest BCUT2D eigenvalue weighted by atomic mass is 10.4. The Bertz CT molecular complexity index is 53.5.